The van der Waals surface area contributed by atoms with Gasteiger partial charge < -0.3 is 4.74 Å². The number of hydrogen-bond acceptors (Lipinski definition) is 7. The molecular weight excluding hydrogens is 451 g/mol. The number of rotatable bonds is 4. The molecule has 1 heterocycles. The van der Waals surface area contributed by atoms with Crippen LogP contribution in [0.3, 0.4) is 0 Å². The van der Waals surface area contributed by atoms with E-state index in [-0.39, 0.29) is 23.0 Å². The number of guanidine groups is 1. The minimum absolute atomic E-state index is 0.0626. The van der Waals surface area contributed by atoms with Crippen LogP contribution >= 0.6 is 0 Å². The number of ether oxygens (including phenoxy) is 1. The van der Waals surface area contributed by atoms with Crippen LogP contribution in [0.4, 0.5) is 14.9 Å². The highest BCUT2D eigenvalue weighted by Gasteiger charge is 2.43. The molecule has 174 valence electrons. The van der Waals surface area contributed by atoms with Gasteiger partial charge in [-0.2, -0.15) is 0 Å². The molecule has 0 radical (unpaired) electrons. The molecule has 1 aromatic rings. The number of nitrogens with zero attached hydrogens (tertiary/aromatic N) is 2. The summed E-state index contributed by atoms with van der Waals surface area (Å²) >= 11 is 0. The van der Waals surface area contributed by atoms with E-state index in [0.29, 0.717) is 0 Å². The Bertz CT molecular complexity index is 1110. The molecule has 0 spiro atoms. The second kappa shape index (κ2) is 8.26. The van der Waals surface area contributed by atoms with E-state index in [1.54, 1.807) is 20.8 Å². The Morgan fingerprint density at radius 1 is 1.35 bits per heavy atom. The number of aliphatic imine (C=N–C) groups is 1. The van der Waals surface area contributed by atoms with Crippen LogP contribution in [0.25, 0.3) is 0 Å². The number of nitrogens with one attached hydrogen (secondary N) is 2. The summed E-state index contributed by atoms with van der Waals surface area (Å²) in [6.45, 7) is 7.73. The Morgan fingerprint density at radius 2 is 1.97 bits per heavy atom. The minimum Gasteiger partial charge on any atom is -0.444 e. The van der Waals surface area contributed by atoms with Gasteiger partial charge in [0.2, 0.25) is 26.0 Å². The van der Waals surface area contributed by atoms with Gasteiger partial charge in [0.15, 0.2) is 0 Å². The lowest BCUT2D eigenvalue weighted by molar-refractivity contribution is 0.0559. The average Bonchev–Trinajstić information content (AvgIpc) is 2.58. The third kappa shape index (κ3) is 6.06. The first-order valence-electron chi connectivity index (χ1n) is 9.35. The van der Waals surface area contributed by atoms with E-state index in [0.717, 1.165) is 10.4 Å². The number of sulfonamides is 2. The summed E-state index contributed by atoms with van der Waals surface area (Å²) in [4.78, 5) is 16.4. The maximum absolute atomic E-state index is 14.7. The van der Waals surface area contributed by atoms with Crippen molar-refractivity contribution in [3.05, 3.63) is 29.6 Å². The quantitative estimate of drug-likeness (QED) is 0.679. The molecule has 13 heteroatoms. The molecule has 2 rings (SSSR count). The lowest BCUT2D eigenvalue weighted by Gasteiger charge is -2.36. The van der Waals surface area contributed by atoms with Gasteiger partial charge in [-0.3, -0.25) is 10.0 Å². The summed E-state index contributed by atoms with van der Waals surface area (Å²) in [5, 5.41) is 2.29. The SMILES string of the molecule is CCS(=O)(=O)Nc1ccc(F)c([C@]2(C)CS(=O)(=O)N(C)C(NC(=O)OC(C)(C)C)=N2)c1. The van der Waals surface area contributed by atoms with Crippen molar-refractivity contribution in [2.45, 2.75) is 45.8 Å². The van der Waals surface area contributed by atoms with E-state index in [9.17, 15) is 26.0 Å². The summed E-state index contributed by atoms with van der Waals surface area (Å²) in [6, 6.07) is 3.44. The van der Waals surface area contributed by atoms with Gasteiger partial charge in [0.1, 0.15) is 17.0 Å². The largest absolute Gasteiger partial charge is 0.444 e. The highest BCUT2D eigenvalue weighted by molar-refractivity contribution is 7.92. The molecule has 0 aromatic heterocycles. The van der Waals surface area contributed by atoms with E-state index in [2.05, 4.69) is 15.0 Å². The molecular formula is C18H27FN4O6S2. The van der Waals surface area contributed by atoms with Crippen LogP contribution in [-0.2, 0) is 30.3 Å². The second-order valence-electron chi connectivity index (χ2n) is 8.26. The zero-order valence-electron chi connectivity index (χ0n) is 18.2. The molecule has 0 aliphatic carbocycles. The first-order chi connectivity index (χ1) is 14.0. The predicted molar refractivity (Wildman–Crippen MR) is 115 cm³/mol. The smallest absolute Gasteiger partial charge is 0.414 e. The highest BCUT2D eigenvalue weighted by Crippen LogP contribution is 2.35. The Morgan fingerprint density at radius 3 is 2.52 bits per heavy atom. The van der Waals surface area contributed by atoms with Gasteiger partial charge in [0.05, 0.1) is 11.5 Å². The standard InChI is InChI=1S/C18H27FN4O6S2/c1-7-30(25,26)22-12-8-9-14(19)13(10-12)18(5)11-31(27,28)23(6)15(21-18)20-16(24)29-17(2,3)4/h8-10,22H,7,11H2,1-6H3,(H,20,21,24)/t18-/m0/s1. The molecule has 1 aliphatic heterocycles. The Kier molecular flexibility index (Phi) is 6.62. The van der Waals surface area contributed by atoms with Crippen LogP contribution in [0.2, 0.25) is 0 Å². The number of halogens is 1. The van der Waals surface area contributed by atoms with E-state index in [1.165, 1.54) is 33.0 Å². The molecule has 0 saturated heterocycles. The van der Waals surface area contributed by atoms with Gasteiger partial charge in [0.25, 0.3) is 0 Å². The molecule has 0 bridgehead atoms. The fourth-order valence-corrected chi connectivity index (χ4v) is 4.92. The van der Waals surface area contributed by atoms with Gasteiger partial charge in [-0.05, 0) is 52.8 Å². The zero-order chi connectivity index (χ0) is 23.8. The van der Waals surface area contributed by atoms with Crippen molar-refractivity contribution in [3.8, 4) is 0 Å². The van der Waals surface area contributed by atoms with Crippen LogP contribution in [0.1, 0.15) is 40.2 Å². The molecule has 1 aromatic carbocycles. The van der Waals surface area contributed by atoms with Crippen LogP contribution in [-0.4, -0.2) is 57.3 Å². The number of benzene rings is 1. The summed E-state index contributed by atoms with van der Waals surface area (Å²) in [5.74, 6) is -1.92. The van der Waals surface area contributed by atoms with Gasteiger partial charge in [-0.15, -0.1) is 0 Å². The number of amides is 1. The summed E-state index contributed by atoms with van der Waals surface area (Å²) in [6.07, 6.45) is -0.928. The maximum atomic E-state index is 14.7. The number of hydrogen-bond donors (Lipinski definition) is 2. The topological polar surface area (TPSA) is 134 Å². The van der Waals surface area contributed by atoms with E-state index in [1.807, 2.05) is 0 Å². The molecule has 1 aliphatic rings. The van der Waals surface area contributed by atoms with Crippen molar-refractivity contribution in [2.24, 2.45) is 4.99 Å². The van der Waals surface area contributed by atoms with E-state index < -0.39 is 48.8 Å². The normalized spacial score (nSPS) is 21.3. The van der Waals surface area contributed by atoms with Crippen molar-refractivity contribution in [3.63, 3.8) is 0 Å². The molecule has 10 nitrogen and oxygen atoms in total. The van der Waals surface area contributed by atoms with E-state index in [4.69, 9.17) is 4.74 Å². The molecule has 0 saturated carbocycles. The number of carbonyl (C=O) groups excluding carboxylic acids is 1. The lowest BCUT2D eigenvalue weighted by Crippen LogP contribution is -2.54. The van der Waals surface area contributed by atoms with Crippen molar-refractivity contribution >= 4 is 37.8 Å². The van der Waals surface area contributed by atoms with Gasteiger partial charge in [-0.1, -0.05) is 0 Å². The van der Waals surface area contributed by atoms with Crippen molar-refractivity contribution in [2.75, 3.05) is 23.3 Å². The van der Waals surface area contributed by atoms with Crippen LogP contribution in [0, 0.1) is 5.82 Å². The molecule has 0 fully saturated rings. The summed E-state index contributed by atoms with van der Waals surface area (Å²) < 4.78 is 72.1. The number of alkyl carbamates (subject to hydrolysis) is 1. The number of carbonyl (C=O) groups is 1. The van der Waals surface area contributed by atoms with E-state index >= 15 is 0 Å². The predicted octanol–water partition coefficient (Wildman–Crippen LogP) is 1.96. The van der Waals surface area contributed by atoms with Gasteiger partial charge in [0, 0.05) is 18.3 Å². The first-order valence-corrected chi connectivity index (χ1v) is 12.6. The fourth-order valence-electron chi connectivity index (χ4n) is 2.81. The van der Waals surface area contributed by atoms with Crippen LogP contribution < -0.4 is 10.0 Å². The average molecular weight is 479 g/mol. The molecule has 31 heavy (non-hydrogen) atoms. The maximum Gasteiger partial charge on any atom is 0.414 e. The second-order valence-corrected chi connectivity index (χ2v) is 12.3. The molecule has 0 unspecified atom stereocenters. The van der Waals surface area contributed by atoms with Gasteiger partial charge in [-0.25, -0.2) is 35.3 Å². The zero-order valence-corrected chi connectivity index (χ0v) is 19.8. The summed E-state index contributed by atoms with van der Waals surface area (Å²) in [5.41, 5.74) is -2.57. The fraction of sp³-hybridized carbons (Fsp3) is 0.556. The van der Waals surface area contributed by atoms with Crippen molar-refractivity contribution in [1.29, 1.82) is 0 Å². The van der Waals surface area contributed by atoms with Gasteiger partial charge >= 0.3 is 6.09 Å². The first kappa shape index (κ1) is 24.9. The Balaban J connectivity index is 2.53. The number of anilines is 1. The third-order valence-electron chi connectivity index (χ3n) is 4.34. The highest BCUT2D eigenvalue weighted by atomic mass is 32.2. The van der Waals surface area contributed by atoms with Crippen LogP contribution in [0.15, 0.2) is 23.2 Å². The van der Waals surface area contributed by atoms with Crippen molar-refractivity contribution < 1.29 is 30.8 Å². The van der Waals surface area contributed by atoms with Crippen molar-refractivity contribution in [1.82, 2.24) is 9.62 Å². The third-order valence-corrected chi connectivity index (χ3v) is 7.59. The lowest BCUT2D eigenvalue weighted by atomic mass is 9.93. The molecule has 2 N–H and O–H groups in total. The monoisotopic (exact) mass is 478 g/mol. The Hall–Kier alpha value is -2.41. The minimum atomic E-state index is -4.00. The molecule has 1 amide bonds. The summed E-state index contributed by atoms with van der Waals surface area (Å²) in [7, 11) is -6.43. The van der Waals surface area contributed by atoms with Crippen LogP contribution in [0.5, 0.6) is 0 Å². The Labute approximate surface area is 182 Å². The molecule has 1 atom stereocenters.